The molecule has 33 heavy (non-hydrogen) atoms. The summed E-state index contributed by atoms with van der Waals surface area (Å²) >= 11 is 6.10. The van der Waals surface area contributed by atoms with Gasteiger partial charge in [-0.2, -0.15) is 8.42 Å². The van der Waals surface area contributed by atoms with Crippen molar-refractivity contribution in [1.82, 2.24) is 0 Å². The number of methoxy groups -OCH3 is 1. The van der Waals surface area contributed by atoms with Crippen LogP contribution in [0.25, 0.3) is 0 Å². The lowest BCUT2D eigenvalue weighted by Crippen LogP contribution is -2.46. The molecule has 9 heteroatoms. The van der Waals surface area contributed by atoms with E-state index < -0.39 is 22.3 Å². The summed E-state index contributed by atoms with van der Waals surface area (Å²) in [6, 6.07) is 21.1. The van der Waals surface area contributed by atoms with Crippen molar-refractivity contribution in [2.24, 2.45) is 0 Å². The van der Waals surface area contributed by atoms with Gasteiger partial charge in [0.15, 0.2) is 17.6 Å². The Morgan fingerprint density at radius 3 is 2.52 bits per heavy atom. The highest BCUT2D eigenvalue weighted by Crippen LogP contribution is 2.37. The highest BCUT2D eigenvalue weighted by Gasteiger charge is 2.33. The van der Waals surface area contributed by atoms with Gasteiger partial charge in [-0.15, -0.1) is 0 Å². The Kier molecular flexibility index (Phi) is 7.09. The number of ether oxygens (including phenoxy) is 3. The van der Waals surface area contributed by atoms with Crippen molar-refractivity contribution in [3.63, 3.8) is 0 Å². The van der Waals surface area contributed by atoms with E-state index in [2.05, 4.69) is 0 Å². The maximum atomic E-state index is 11.9. The molecule has 0 bridgehead atoms. The third kappa shape index (κ3) is 5.42. The molecule has 1 fully saturated rings. The number of nitrogens with zero attached hydrogens (tertiary/aromatic N) is 1. The van der Waals surface area contributed by atoms with Crippen LogP contribution in [0.1, 0.15) is 11.7 Å². The number of para-hydroxylation sites is 1. The van der Waals surface area contributed by atoms with Crippen LogP contribution in [0, 0.1) is 0 Å². The van der Waals surface area contributed by atoms with Crippen LogP contribution in [0.4, 0.5) is 5.69 Å². The van der Waals surface area contributed by atoms with E-state index in [9.17, 15) is 13.0 Å². The van der Waals surface area contributed by atoms with Crippen LogP contribution < -0.4 is 14.4 Å². The number of anilines is 1. The quantitative estimate of drug-likeness (QED) is 0.484. The topological polar surface area (TPSA) is 85.3 Å². The van der Waals surface area contributed by atoms with Gasteiger partial charge in [-0.05, 0) is 29.8 Å². The molecule has 1 saturated heterocycles. The second kappa shape index (κ2) is 10.0. The van der Waals surface area contributed by atoms with E-state index >= 15 is 0 Å². The molecule has 0 amide bonds. The smallest absolute Gasteiger partial charge is 0.296 e. The van der Waals surface area contributed by atoms with Gasteiger partial charge in [0.2, 0.25) is 0 Å². The zero-order valence-electron chi connectivity index (χ0n) is 17.9. The summed E-state index contributed by atoms with van der Waals surface area (Å²) in [4.78, 5) is 1.75. The molecule has 2 atom stereocenters. The van der Waals surface area contributed by atoms with Crippen molar-refractivity contribution >= 4 is 27.4 Å². The van der Waals surface area contributed by atoms with Gasteiger partial charge in [0.05, 0.1) is 19.4 Å². The lowest BCUT2D eigenvalue weighted by Gasteiger charge is -2.38. The molecule has 0 aromatic heterocycles. The molecule has 1 heterocycles. The number of halogens is 1. The molecule has 0 aliphatic carbocycles. The Morgan fingerprint density at radius 1 is 1.06 bits per heavy atom. The van der Waals surface area contributed by atoms with Crippen LogP contribution in [0.15, 0.2) is 77.7 Å². The Bertz CT molecular complexity index is 1200. The second-order valence-corrected chi connectivity index (χ2v) is 9.37. The van der Waals surface area contributed by atoms with Crippen LogP contribution in [-0.2, 0) is 14.9 Å². The van der Waals surface area contributed by atoms with E-state index in [0.717, 1.165) is 5.56 Å². The number of hydrogen-bond donors (Lipinski definition) is 1. The predicted molar refractivity (Wildman–Crippen MR) is 126 cm³/mol. The molecular formula is C24H24ClNO6S. The zero-order valence-corrected chi connectivity index (χ0v) is 19.5. The highest BCUT2D eigenvalue weighted by molar-refractivity contribution is 7.86. The molecule has 1 aliphatic heterocycles. The number of benzene rings is 3. The van der Waals surface area contributed by atoms with Crippen LogP contribution in [0.5, 0.6) is 11.5 Å². The monoisotopic (exact) mass is 489 g/mol. The molecule has 7 nitrogen and oxygen atoms in total. The van der Waals surface area contributed by atoms with Crippen LogP contribution >= 0.6 is 11.6 Å². The van der Waals surface area contributed by atoms with Crippen LogP contribution in [0.3, 0.4) is 0 Å². The lowest BCUT2D eigenvalue weighted by molar-refractivity contribution is -0.0356. The van der Waals surface area contributed by atoms with Gasteiger partial charge in [0, 0.05) is 24.2 Å². The predicted octanol–water partition coefficient (Wildman–Crippen LogP) is 4.62. The molecule has 0 unspecified atom stereocenters. The first-order valence-electron chi connectivity index (χ1n) is 10.3. The highest BCUT2D eigenvalue weighted by atomic mass is 35.5. The van der Waals surface area contributed by atoms with Gasteiger partial charge in [0.1, 0.15) is 11.0 Å². The second-order valence-electron chi connectivity index (χ2n) is 7.54. The van der Waals surface area contributed by atoms with Gasteiger partial charge < -0.3 is 19.1 Å². The minimum atomic E-state index is -4.38. The summed E-state index contributed by atoms with van der Waals surface area (Å²) in [5.41, 5.74) is 1.31. The fourth-order valence-corrected chi connectivity index (χ4v) is 4.76. The Hall–Kier alpha value is -2.78. The van der Waals surface area contributed by atoms with Crippen molar-refractivity contribution in [3.05, 3.63) is 83.4 Å². The first-order chi connectivity index (χ1) is 15.9. The Morgan fingerprint density at radius 2 is 1.79 bits per heavy atom. The minimum absolute atomic E-state index is 0.137. The molecular weight excluding hydrogens is 466 g/mol. The molecule has 1 N–H and O–H groups in total. The Balaban J connectivity index is 1.67. The molecule has 3 aromatic rings. The summed E-state index contributed by atoms with van der Waals surface area (Å²) < 4.78 is 51.5. The molecule has 0 spiro atoms. The lowest BCUT2D eigenvalue weighted by atomic mass is 10.0. The molecule has 3 aromatic carbocycles. The van der Waals surface area contributed by atoms with Crippen molar-refractivity contribution in [3.8, 4) is 11.5 Å². The van der Waals surface area contributed by atoms with Crippen molar-refractivity contribution in [1.29, 1.82) is 0 Å². The van der Waals surface area contributed by atoms with E-state index in [4.69, 9.17) is 25.8 Å². The third-order valence-corrected chi connectivity index (χ3v) is 6.56. The van der Waals surface area contributed by atoms with Gasteiger partial charge in [-0.1, -0.05) is 54.1 Å². The molecule has 0 radical (unpaired) electrons. The maximum Gasteiger partial charge on any atom is 0.296 e. The third-order valence-electron chi connectivity index (χ3n) is 5.42. The summed E-state index contributed by atoms with van der Waals surface area (Å²) in [6.45, 7) is 1.17. The summed E-state index contributed by atoms with van der Waals surface area (Å²) in [5.74, 6) is 1.00. The van der Waals surface area contributed by atoms with Crippen LogP contribution in [0.2, 0.25) is 5.02 Å². The van der Waals surface area contributed by atoms with Crippen molar-refractivity contribution in [2.75, 3.05) is 31.7 Å². The average molecular weight is 490 g/mol. The summed E-state index contributed by atoms with van der Waals surface area (Å²) in [7, 11) is -2.83. The number of rotatable bonds is 7. The Labute approximate surface area is 198 Å². The summed E-state index contributed by atoms with van der Waals surface area (Å²) in [6.07, 6.45) is -0.946. The first-order valence-corrected chi connectivity index (χ1v) is 12.2. The van der Waals surface area contributed by atoms with E-state index in [1.54, 1.807) is 43.5 Å². The fourth-order valence-electron chi connectivity index (χ4n) is 3.89. The molecule has 174 valence electrons. The standard InChI is InChI=1S/C24H24ClNO6S/c1-30-21-15-18(25)11-12-20(21)32-24(17-7-3-2-4-8-17)22-16-26(13-14-31-22)19-9-5-6-10-23(19)33(27,28)29/h2-12,15,22,24H,13-14,16H2,1H3,(H,27,28,29)/t22-,24-/m0/s1. The molecule has 4 rings (SSSR count). The van der Waals surface area contributed by atoms with Gasteiger partial charge in [-0.3, -0.25) is 4.55 Å². The summed E-state index contributed by atoms with van der Waals surface area (Å²) in [5, 5.41) is 0.525. The normalized spacial score (nSPS) is 17.4. The van der Waals surface area contributed by atoms with Crippen molar-refractivity contribution in [2.45, 2.75) is 17.1 Å². The fraction of sp³-hybridized carbons (Fsp3) is 0.250. The zero-order chi connectivity index (χ0) is 23.4. The van der Waals surface area contributed by atoms with Gasteiger partial charge in [-0.25, -0.2) is 0 Å². The average Bonchev–Trinajstić information content (AvgIpc) is 2.83. The van der Waals surface area contributed by atoms with Gasteiger partial charge in [0.25, 0.3) is 10.1 Å². The molecule has 1 aliphatic rings. The number of hydrogen-bond acceptors (Lipinski definition) is 6. The SMILES string of the molecule is COc1cc(Cl)ccc1O[C@@H](c1ccccc1)[C@@H]1CN(c2ccccc2S(=O)(=O)O)CCO1. The van der Waals surface area contributed by atoms with E-state index in [0.29, 0.717) is 41.9 Å². The first kappa shape index (κ1) is 23.4. The largest absolute Gasteiger partial charge is 0.493 e. The van der Waals surface area contributed by atoms with Crippen LogP contribution in [-0.4, -0.2) is 45.9 Å². The molecule has 0 saturated carbocycles. The van der Waals surface area contributed by atoms with E-state index in [1.165, 1.54) is 6.07 Å². The number of morpholine rings is 1. The van der Waals surface area contributed by atoms with Crippen molar-refractivity contribution < 1.29 is 27.2 Å². The maximum absolute atomic E-state index is 11.9. The van der Waals surface area contributed by atoms with E-state index in [1.807, 2.05) is 35.2 Å². The minimum Gasteiger partial charge on any atom is -0.493 e. The van der Waals surface area contributed by atoms with Gasteiger partial charge >= 0.3 is 0 Å². The van der Waals surface area contributed by atoms with E-state index in [-0.39, 0.29) is 4.90 Å².